The van der Waals surface area contributed by atoms with E-state index in [0.717, 1.165) is 28.3 Å². The van der Waals surface area contributed by atoms with Crippen molar-refractivity contribution < 1.29 is 22.0 Å². The Bertz CT molecular complexity index is 968. The molecule has 0 atom stereocenters. The monoisotopic (exact) mass is 404 g/mol. The van der Waals surface area contributed by atoms with Crippen LogP contribution in [0.4, 0.5) is 22.0 Å². The quantitative estimate of drug-likeness (QED) is 0.369. The molecule has 0 aliphatic rings. The zero-order valence-electron chi connectivity index (χ0n) is 16.2. The molecule has 0 saturated heterocycles. The first-order valence-electron chi connectivity index (χ1n) is 9.24. The number of hydrogen-bond acceptors (Lipinski definition) is 0. The van der Waals surface area contributed by atoms with Crippen molar-refractivity contribution in [3.05, 3.63) is 83.7 Å². The summed E-state index contributed by atoms with van der Waals surface area (Å²) in [6, 6.07) is 19.5. The summed E-state index contributed by atoms with van der Waals surface area (Å²) in [5.41, 5.74) is 4.21. The molecule has 0 spiro atoms. The highest BCUT2D eigenvalue weighted by Gasteiger charge is 2.40. The van der Waals surface area contributed by atoms with Crippen LogP contribution >= 0.6 is 0 Å². The highest BCUT2D eigenvalue weighted by molar-refractivity contribution is 5.70. The van der Waals surface area contributed by atoms with Gasteiger partial charge in [-0.3, -0.25) is 0 Å². The van der Waals surface area contributed by atoms with Gasteiger partial charge in [0.25, 0.3) is 11.8 Å². The van der Waals surface area contributed by atoms with Crippen molar-refractivity contribution in [1.82, 2.24) is 0 Å². The van der Waals surface area contributed by atoms with Crippen molar-refractivity contribution in [1.29, 1.82) is 0 Å². The molecule has 0 saturated carbocycles. The fourth-order valence-electron chi connectivity index (χ4n) is 3.27. The number of alkyl halides is 4. The Labute approximate surface area is 167 Å². The fraction of sp³-hybridized carbons (Fsp3) is 0.250. The number of benzene rings is 3. The number of rotatable bonds is 6. The number of aryl methyl sites for hydroxylation is 1. The topological polar surface area (TPSA) is 0 Å². The minimum atomic E-state index is -3.68. The van der Waals surface area contributed by atoms with E-state index in [4.69, 9.17) is 0 Å². The van der Waals surface area contributed by atoms with E-state index in [1.807, 2.05) is 55.5 Å². The Morgan fingerprint density at radius 2 is 1.14 bits per heavy atom. The van der Waals surface area contributed by atoms with Gasteiger partial charge in [0.15, 0.2) is 0 Å². The summed E-state index contributed by atoms with van der Waals surface area (Å²) < 4.78 is 67.8. The second-order valence-corrected chi connectivity index (χ2v) is 7.53. The van der Waals surface area contributed by atoms with Crippen LogP contribution in [0.1, 0.15) is 24.5 Å². The van der Waals surface area contributed by atoms with E-state index >= 15 is 0 Å². The van der Waals surface area contributed by atoms with Crippen LogP contribution in [-0.4, -0.2) is 11.8 Å². The van der Waals surface area contributed by atoms with Crippen molar-refractivity contribution in [2.45, 2.75) is 38.5 Å². The maximum absolute atomic E-state index is 14.4. The molecule has 0 nitrogen and oxygen atoms in total. The molecule has 3 rings (SSSR count). The Kier molecular flexibility index (Phi) is 5.78. The average molecular weight is 404 g/mol. The van der Waals surface area contributed by atoms with Gasteiger partial charge in [-0.25, -0.2) is 22.0 Å². The molecule has 0 aliphatic carbocycles. The molecule has 0 aromatic heterocycles. The molecule has 0 N–H and O–H groups in total. The summed E-state index contributed by atoms with van der Waals surface area (Å²) in [7, 11) is 0. The molecule has 152 valence electrons. The van der Waals surface area contributed by atoms with Gasteiger partial charge in [-0.15, -0.1) is 0 Å². The number of halogens is 5. The van der Waals surface area contributed by atoms with Crippen LogP contribution in [0.2, 0.25) is 0 Å². The van der Waals surface area contributed by atoms with Crippen LogP contribution in [0.5, 0.6) is 0 Å². The molecule has 0 aliphatic heterocycles. The molecule has 0 bridgehead atoms. The maximum atomic E-state index is 14.4. The average Bonchev–Trinajstić information content (AvgIpc) is 2.62. The van der Waals surface area contributed by atoms with E-state index in [2.05, 4.69) is 0 Å². The van der Waals surface area contributed by atoms with Crippen molar-refractivity contribution in [3.63, 3.8) is 0 Å². The van der Waals surface area contributed by atoms with Gasteiger partial charge < -0.3 is 0 Å². The lowest BCUT2D eigenvalue weighted by Gasteiger charge is -2.20. The van der Waals surface area contributed by atoms with Crippen molar-refractivity contribution in [3.8, 4) is 22.3 Å². The third-order valence-corrected chi connectivity index (χ3v) is 4.67. The molecule has 3 aromatic rings. The molecule has 5 heteroatoms. The highest BCUT2D eigenvalue weighted by atomic mass is 19.3. The van der Waals surface area contributed by atoms with E-state index in [9.17, 15) is 22.0 Å². The minimum absolute atomic E-state index is 0.278. The van der Waals surface area contributed by atoms with Crippen LogP contribution in [-0.2, 0) is 6.42 Å². The van der Waals surface area contributed by atoms with Crippen LogP contribution in [0.15, 0.2) is 66.7 Å². The highest BCUT2D eigenvalue weighted by Crippen LogP contribution is 2.34. The second kappa shape index (κ2) is 7.97. The van der Waals surface area contributed by atoms with Gasteiger partial charge in [-0.1, -0.05) is 66.2 Å². The van der Waals surface area contributed by atoms with Crippen LogP contribution < -0.4 is 0 Å². The van der Waals surface area contributed by atoms with Crippen LogP contribution in [0, 0.1) is 12.7 Å². The SMILES string of the molecule is Cc1ccc(-c2ccc(-c3ccc(CC(F)(F)CC(C)(F)F)c(F)c3)cc2)cc1. The van der Waals surface area contributed by atoms with E-state index in [-0.39, 0.29) is 5.56 Å². The summed E-state index contributed by atoms with van der Waals surface area (Å²) in [4.78, 5) is 0. The molecule has 0 heterocycles. The lowest BCUT2D eigenvalue weighted by Crippen LogP contribution is -2.29. The third kappa shape index (κ3) is 5.66. The van der Waals surface area contributed by atoms with E-state index in [1.165, 1.54) is 12.1 Å². The molecule has 3 aromatic carbocycles. The summed E-state index contributed by atoms with van der Waals surface area (Å²) >= 11 is 0. The van der Waals surface area contributed by atoms with Gasteiger partial charge in [-0.05, 0) is 47.7 Å². The summed E-state index contributed by atoms with van der Waals surface area (Å²) in [6.07, 6.45) is -2.67. The van der Waals surface area contributed by atoms with Gasteiger partial charge in [0.2, 0.25) is 0 Å². The second-order valence-electron chi connectivity index (χ2n) is 7.53. The number of hydrogen-bond donors (Lipinski definition) is 0. The largest absolute Gasteiger partial charge is 0.257 e. The molecular formula is C24H21F5. The fourth-order valence-corrected chi connectivity index (χ4v) is 3.27. The molecule has 29 heavy (non-hydrogen) atoms. The summed E-state index contributed by atoms with van der Waals surface area (Å²) in [5.74, 6) is -8.03. The van der Waals surface area contributed by atoms with Gasteiger partial charge in [-0.2, -0.15) is 0 Å². The first-order chi connectivity index (χ1) is 13.5. The predicted octanol–water partition coefficient (Wildman–Crippen LogP) is 7.69. The Hall–Kier alpha value is -2.69. The normalized spacial score (nSPS) is 12.2. The molecular weight excluding hydrogens is 383 g/mol. The van der Waals surface area contributed by atoms with Gasteiger partial charge >= 0.3 is 0 Å². The van der Waals surface area contributed by atoms with Crippen LogP contribution in [0.25, 0.3) is 22.3 Å². The maximum Gasteiger partial charge on any atom is 0.257 e. The molecule has 0 radical (unpaired) electrons. The van der Waals surface area contributed by atoms with Crippen molar-refractivity contribution >= 4 is 0 Å². The first-order valence-corrected chi connectivity index (χ1v) is 9.24. The van der Waals surface area contributed by atoms with E-state index < -0.39 is 30.5 Å². The lowest BCUT2D eigenvalue weighted by atomic mass is 9.97. The Balaban J connectivity index is 1.78. The standard InChI is InChI=1S/C24H21F5/c1-16-3-5-17(6-4-16)18-7-9-19(10-8-18)20-11-12-21(22(25)13-20)14-24(28,29)15-23(2,26)27/h3-13H,14-15H2,1-2H3. The predicted molar refractivity (Wildman–Crippen MR) is 106 cm³/mol. The molecule has 0 amide bonds. The van der Waals surface area contributed by atoms with E-state index in [0.29, 0.717) is 12.5 Å². The zero-order valence-corrected chi connectivity index (χ0v) is 16.2. The minimum Gasteiger partial charge on any atom is -0.207 e. The molecule has 0 unspecified atom stereocenters. The van der Waals surface area contributed by atoms with Crippen molar-refractivity contribution in [2.75, 3.05) is 0 Å². The van der Waals surface area contributed by atoms with Gasteiger partial charge in [0, 0.05) is 6.42 Å². The van der Waals surface area contributed by atoms with E-state index in [1.54, 1.807) is 0 Å². The van der Waals surface area contributed by atoms with Gasteiger partial charge in [0.1, 0.15) is 5.82 Å². The summed E-state index contributed by atoms with van der Waals surface area (Å²) in [6.45, 7) is 2.44. The Morgan fingerprint density at radius 3 is 1.62 bits per heavy atom. The van der Waals surface area contributed by atoms with Crippen molar-refractivity contribution in [2.24, 2.45) is 0 Å². The van der Waals surface area contributed by atoms with Gasteiger partial charge in [0.05, 0.1) is 6.42 Å². The molecule has 0 fully saturated rings. The third-order valence-electron chi connectivity index (χ3n) is 4.67. The first kappa shape index (κ1) is 21.0. The van der Waals surface area contributed by atoms with Crippen LogP contribution in [0.3, 0.4) is 0 Å². The smallest absolute Gasteiger partial charge is 0.207 e. The Morgan fingerprint density at radius 1 is 0.690 bits per heavy atom. The zero-order chi connectivity index (χ0) is 21.2. The lowest BCUT2D eigenvalue weighted by molar-refractivity contribution is -0.1000. The summed E-state index contributed by atoms with van der Waals surface area (Å²) in [5, 5.41) is 0.